The van der Waals surface area contributed by atoms with Gasteiger partial charge >= 0.3 is 0 Å². The van der Waals surface area contributed by atoms with Gasteiger partial charge in [-0.15, -0.1) is 0 Å². The highest BCUT2D eigenvalue weighted by atomic mass is 32.2. The summed E-state index contributed by atoms with van der Waals surface area (Å²) in [4.78, 5) is 4.33. The summed E-state index contributed by atoms with van der Waals surface area (Å²) in [5.74, 6) is -0.509. The van der Waals surface area contributed by atoms with Crippen LogP contribution >= 0.6 is 0 Å². The molecule has 0 unspecified atom stereocenters. The third-order valence-electron chi connectivity index (χ3n) is 4.48. The Labute approximate surface area is 154 Å². The molecule has 7 heteroatoms. The van der Waals surface area contributed by atoms with Crippen LogP contribution in [0.4, 0.5) is 15.8 Å². The average Bonchev–Trinajstić information content (AvgIpc) is 2.61. The fraction of sp³-hybridized carbons (Fsp3) is 0.368. The van der Waals surface area contributed by atoms with Gasteiger partial charge in [-0.25, -0.2) is 12.8 Å². The number of sulfonamides is 1. The summed E-state index contributed by atoms with van der Waals surface area (Å²) >= 11 is 0. The first kappa shape index (κ1) is 18.7. The Hall–Kier alpha value is -2.12. The number of fused-ring (bicyclic) bond motifs is 1. The van der Waals surface area contributed by atoms with Crippen LogP contribution in [-0.2, 0) is 15.8 Å². The van der Waals surface area contributed by atoms with Crippen molar-refractivity contribution in [1.29, 1.82) is 0 Å². The second kappa shape index (κ2) is 7.63. The molecule has 0 aromatic heterocycles. The molecule has 1 aliphatic heterocycles. The van der Waals surface area contributed by atoms with Gasteiger partial charge in [0.25, 0.3) is 0 Å². The van der Waals surface area contributed by atoms with Gasteiger partial charge in [0.05, 0.1) is 23.7 Å². The molecule has 5 nitrogen and oxygen atoms in total. The summed E-state index contributed by atoms with van der Waals surface area (Å²) < 4.78 is 40.5. The highest BCUT2D eigenvalue weighted by Gasteiger charge is 2.30. The van der Waals surface area contributed by atoms with Crippen molar-refractivity contribution in [2.45, 2.75) is 5.75 Å². The number of hydrogen-bond acceptors (Lipinski definition) is 4. The molecule has 0 saturated heterocycles. The van der Waals surface area contributed by atoms with Crippen LogP contribution in [0.15, 0.2) is 48.5 Å². The molecule has 0 atom stereocenters. The van der Waals surface area contributed by atoms with E-state index in [0.29, 0.717) is 24.3 Å². The predicted molar refractivity (Wildman–Crippen MR) is 104 cm³/mol. The standard InChI is InChI=1S/C19H24FN3O2S/c1-21(2)11-12-22-13-14-23(19-6-4-3-5-18(19)22)26(24,25)15-16-7-9-17(20)10-8-16/h3-10H,11-15H2,1-2H3. The van der Waals surface area contributed by atoms with Gasteiger partial charge in [0.15, 0.2) is 0 Å². The Bertz CT molecular complexity index is 853. The maximum absolute atomic E-state index is 13.1. The summed E-state index contributed by atoms with van der Waals surface area (Å²) in [7, 11) is 0.503. The van der Waals surface area contributed by atoms with Crippen LogP contribution in [0.3, 0.4) is 0 Å². The van der Waals surface area contributed by atoms with Crippen LogP contribution in [0.25, 0.3) is 0 Å². The Balaban J connectivity index is 1.85. The fourth-order valence-electron chi connectivity index (χ4n) is 3.11. The monoisotopic (exact) mass is 377 g/mol. The second-order valence-corrected chi connectivity index (χ2v) is 8.63. The molecule has 3 rings (SSSR count). The predicted octanol–water partition coefficient (Wildman–Crippen LogP) is 2.54. The topological polar surface area (TPSA) is 43.9 Å². The molecule has 1 aliphatic rings. The Kier molecular flexibility index (Phi) is 5.48. The van der Waals surface area contributed by atoms with Crippen molar-refractivity contribution in [3.05, 3.63) is 59.9 Å². The van der Waals surface area contributed by atoms with Gasteiger partial charge in [0.1, 0.15) is 5.82 Å². The van der Waals surface area contributed by atoms with Crippen LogP contribution in [0.1, 0.15) is 5.56 Å². The fourth-order valence-corrected chi connectivity index (χ4v) is 4.69. The van der Waals surface area contributed by atoms with Crippen molar-refractivity contribution in [1.82, 2.24) is 4.90 Å². The van der Waals surface area contributed by atoms with Crippen molar-refractivity contribution in [3.63, 3.8) is 0 Å². The summed E-state index contributed by atoms with van der Waals surface area (Å²) in [5.41, 5.74) is 2.22. The minimum atomic E-state index is -3.54. The van der Waals surface area contributed by atoms with Gasteiger partial charge in [0, 0.05) is 19.6 Å². The molecule has 0 bridgehead atoms. The first-order valence-corrected chi connectivity index (χ1v) is 10.2. The van der Waals surface area contributed by atoms with Crippen molar-refractivity contribution in [2.24, 2.45) is 0 Å². The Morgan fingerprint density at radius 1 is 1.00 bits per heavy atom. The number of benzene rings is 2. The summed E-state index contributed by atoms with van der Waals surface area (Å²) in [6.45, 7) is 2.80. The molecular formula is C19H24FN3O2S. The maximum atomic E-state index is 13.1. The van der Waals surface area contributed by atoms with Crippen molar-refractivity contribution in [3.8, 4) is 0 Å². The van der Waals surface area contributed by atoms with Gasteiger partial charge in [-0.2, -0.15) is 0 Å². The largest absolute Gasteiger partial charge is 0.367 e. The number of rotatable bonds is 6. The summed E-state index contributed by atoms with van der Waals surface area (Å²) in [6, 6.07) is 13.2. The lowest BCUT2D eigenvalue weighted by molar-refractivity contribution is 0.413. The zero-order valence-corrected chi connectivity index (χ0v) is 15.9. The van der Waals surface area contributed by atoms with E-state index in [0.717, 1.165) is 18.8 Å². The van der Waals surface area contributed by atoms with Crippen LogP contribution < -0.4 is 9.21 Å². The van der Waals surface area contributed by atoms with E-state index < -0.39 is 10.0 Å². The number of para-hydroxylation sites is 2. The van der Waals surface area contributed by atoms with Crippen molar-refractivity contribution >= 4 is 21.4 Å². The molecule has 0 saturated carbocycles. The van der Waals surface area contributed by atoms with Crippen LogP contribution in [-0.4, -0.2) is 53.6 Å². The van der Waals surface area contributed by atoms with E-state index in [-0.39, 0.29) is 11.6 Å². The molecule has 2 aromatic rings. The Morgan fingerprint density at radius 3 is 2.31 bits per heavy atom. The van der Waals surface area contributed by atoms with E-state index >= 15 is 0 Å². The molecule has 26 heavy (non-hydrogen) atoms. The van der Waals surface area contributed by atoms with Crippen molar-refractivity contribution < 1.29 is 12.8 Å². The second-order valence-electron chi connectivity index (χ2n) is 6.73. The normalized spacial score (nSPS) is 14.6. The third-order valence-corrected chi connectivity index (χ3v) is 6.23. The molecule has 2 aromatic carbocycles. The van der Waals surface area contributed by atoms with Gasteiger partial charge in [0.2, 0.25) is 10.0 Å². The average molecular weight is 377 g/mol. The first-order chi connectivity index (χ1) is 12.4. The van der Waals surface area contributed by atoms with Gasteiger partial charge < -0.3 is 9.80 Å². The van der Waals surface area contributed by atoms with Crippen LogP contribution in [0.2, 0.25) is 0 Å². The number of halogens is 1. The SMILES string of the molecule is CN(C)CCN1CCN(S(=O)(=O)Cc2ccc(F)cc2)c2ccccc21. The molecule has 0 radical (unpaired) electrons. The lowest BCUT2D eigenvalue weighted by atomic mass is 10.2. The van der Waals surface area contributed by atoms with E-state index in [1.807, 2.05) is 38.4 Å². The number of anilines is 2. The molecular weight excluding hydrogens is 353 g/mol. The van der Waals surface area contributed by atoms with Gasteiger partial charge in [-0.3, -0.25) is 4.31 Å². The zero-order chi connectivity index (χ0) is 18.7. The molecule has 140 valence electrons. The van der Waals surface area contributed by atoms with E-state index in [1.165, 1.54) is 28.6 Å². The molecule has 0 fully saturated rings. The quantitative estimate of drug-likeness (QED) is 0.776. The lowest BCUT2D eigenvalue weighted by Crippen LogP contribution is -2.46. The van der Waals surface area contributed by atoms with Gasteiger partial charge in [-0.1, -0.05) is 24.3 Å². The molecule has 0 spiro atoms. The molecule has 1 heterocycles. The Morgan fingerprint density at radius 2 is 1.65 bits per heavy atom. The van der Waals surface area contributed by atoms with Gasteiger partial charge in [-0.05, 0) is 43.9 Å². The zero-order valence-electron chi connectivity index (χ0n) is 15.1. The van der Waals surface area contributed by atoms with E-state index in [2.05, 4.69) is 9.80 Å². The lowest BCUT2D eigenvalue weighted by Gasteiger charge is -2.38. The van der Waals surface area contributed by atoms with Crippen LogP contribution in [0.5, 0.6) is 0 Å². The number of hydrogen-bond donors (Lipinski definition) is 0. The number of likely N-dealkylation sites (N-methyl/N-ethyl adjacent to an activating group) is 1. The molecule has 0 N–H and O–H groups in total. The first-order valence-electron chi connectivity index (χ1n) is 8.60. The van der Waals surface area contributed by atoms with Crippen molar-refractivity contribution in [2.75, 3.05) is 49.5 Å². The minimum absolute atomic E-state index is 0.140. The molecule has 0 aliphatic carbocycles. The van der Waals surface area contributed by atoms with E-state index in [9.17, 15) is 12.8 Å². The summed E-state index contributed by atoms with van der Waals surface area (Å²) in [6.07, 6.45) is 0. The van der Waals surface area contributed by atoms with E-state index in [1.54, 1.807) is 0 Å². The smallest absolute Gasteiger partial charge is 0.239 e. The number of nitrogens with zero attached hydrogens (tertiary/aromatic N) is 3. The van der Waals surface area contributed by atoms with E-state index in [4.69, 9.17) is 0 Å². The summed E-state index contributed by atoms with van der Waals surface area (Å²) in [5, 5.41) is 0. The minimum Gasteiger partial charge on any atom is -0.367 e. The molecule has 0 amide bonds. The third kappa shape index (κ3) is 4.16. The van der Waals surface area contributed by atoms with Crippen LogP contribution in [0, 0.1) is 5.82 Å². The maximum Gasteiger partial charge on any atom is 0.239 e. The highest BCUT2D eigenvalue weighted by molar-refractivity contribution is 7.92. The highest BCUT2D eigenvalue weighted by Crippen LogP contribution is 2.35.